The molecule has 2 N–H and O–H groups in total. The molecule has 0 aromatic carbocycles. The monoisotopic (exact) mass is 269 g/mol. The maximum absolute atomic E-state index is 11.9. The first-order chi connectivity index (χ1) is 8.86. The van der Waals surface area contributed by atoms with E-state index in [9.17, 15) is 19.7 Å². The van der Waals surface area contributed by atoms with Crippen molar-refractivity contribution >= 4 is 17.6 Å². The molecule has 1 atom stereocenters. The molecule has 104 valence electrons. The Labute approximate surface area is 109 Å². The summed E-state index contributed by atoms with van der Waals surface area (Å²) in [7, 11) is 0. The summed E-state index contributed by atoms with van der Waals surface area (Å²) in [6.45, 7) is 3.63. The van der Waals surface area contributed by atoms with Crippen molar-refractivity contribution in [3.05, 3.63) is 28.1 Å². The number of carboxylic acid groups (broad SMARTS) is 1. The quantitative estimate of drug-likeness (QED) is 0.590. The van der Waals surface area contributed by atoms with Gasteiger partial charge in [0.2, 0.25) is 0 Å². The van der Waals surface area contributed by atoms with Gasteiger partial charge >= 0.3 is 5.97 Å². The maximum Gasteiger partial charge on any atom is 0.325 e. The van der Waals surface area contributed by atoms with Crippen LogP contribution in [0.15, 0.2) is 12.3 Å². The fourth-order valence-corrected chi connectivity index (χ4v) is 1.54. The number of aryl methyl sites for hydroxylation is 1. The molecule has 0 aliphatic rings. The van der Waals surface area contributed by atoms with Gasteiger partial charge in [-0.1, -0.05) is 6.92 Å². The van der Waals surface area contributed by atoms with Crippen LogP contribution in [0.1, 0.15) is 30.8 Å². The van der Waals surface area contributed by atoms with Crippen molar-refractivity contribution in [3.63, 3.8) is 0 Å². The lowest BCUT2D eigenvalue weighted by Crippen LogP contribution is -2.39. The van der Waals surface area contributed by atoms with E-state index < -0.39 is 22.8 Å². The predicted octanol–water partition coefficient (Wildman–Crippen LogP) is 1.01. The minimum atomic E-state index is -1.17. The number of nitrogens with zero attached hydrogens (tertiary/aromatic N) is 2. The Morgan fingerprint density at radius 2 is 2.21 bits per heavy atom. The first-order valence-electron chi connectivity index (χ1n) is 5.75. The molecule has 8 heteroatoms. The molecule has 0 aliphatic carbocycles. The number of nitrogens with one attached hydrogen (secondary N) is 1. The van der Waals surface area contributed by atoms with Crippen molar-refractivity contribution in [2.45, 2.75) is 32.9 Å². The Morgan fingerprint density at radius 3 is 2.68 bits per heavy atom. The number of carbonyl (C=O) groups is 2. The molecule has 0 unspecified atom stereocenters. The van der Waals surface area contributed by atoms with E-state index in [1.54, 1.807) is 0 Å². The number of carboxylic acids is 1. The number of rotatable bonds is 6. The second-order valence-electron chi connectivity index (χ2n) is 4.07. The largest absolute Gasteiger partial charge is 0.480 e. The molecule has 0 saturated heterocycles. The summed E-state index contributed by atoms with van der Waals surface area (Å²) in [5, 5.41) is 21.7. The molecular formula is C11H15N3O5. The second kappa shape index (κ2) is 5.98. The van der Waals surface area contributed by atoms with Gasteiger partial charge in [-0.2, -0.15) is 0 Å². The molecule has 1 aromatic rings. The number of nitro groups is 1. The standard InChI is InChI=1S/C11H15N3O5/c1-3-4-13-6-8(14(18)19)5-9(13)10(15)12-7(2)11(16)17/h5-7H,3-4H2,1-2H3,(H,12,15)(H,16,17)/t7-/m0/s1. The Hall–Kier alpha value is -2.38. The summed E-state index contributed by atoms with van der Waals surface area (Å²) in [6, 6.07) is 0.0797. The highest BCUT2D eigenvalue weighted by molar-refractivity contribution is 5.95. The van der Waals surface area contributed by atoms with E-state index in [0.29, 0.717) is 13.0 Å². The normalized spacial score (nSPS) is 11.9. The fraction of sp³-hybridized carbons (Fsp3) is 0.455. The number of hydrogen-bond acceptors (Lipinski definition) is 4. The van der Waals surface area contributed by atoms with Crippen molar-refractivity contribution in [1.29, 1.82) is 0 Å². The van der Waals surface area contributed by atoms with Crippen molar-refractivity contribution < 1.29 is 19.6 Å². The van der Waals surface area contributed by atoms with E-state index in [1.807, 2.05) is 6.92 Å². The smallest absolute Gasteiger partial charge is 0.325 e. The maximum atomic E-state index is 11.9. The third kappa shape index (κ3) is 3.54. The topological polar surface area (TPSA) is 114 Å². The van der Waals surface area contributed by atoms with Gasteiger partial charge in [-0.25, -0.2) is 0 Å². The average Bonchev–Trinajstić information content (AvgIpc) is 2.73. The molecular weight excluding hydrogens is 254 g/mol. The van der Waals surface area contributed by atoms with Gasteiger partial charge in [0.15, 0.2) is 0 Å². The highest BCUT2D eigenvalue weighted by atomic mass is 16.6. The van der Waals surface area contributed by atoms with Crippen LogP contribution in [0.25, 0.3) is 0 Å². The molecule has 1 amide bonds. The zero-order valence-corrected chi connectivity index (χ0v) is 10.6. The van der Waals surface area contributed by atoms with E-state index in [-0.39, 0.29) is 11.4 Å². The minimum Gasteiger partial charge on any atom is -0.480 e. The van der Waals surface area contributed by atoms with Crippen LogP contribution in [0.2, 0.25) is 0 Å². The number of aliphatic carboxylic acids is 1. The molecule has 0 radical (unpaired) electrons. The summed E-state index contributed by atoms with van der Waals surface area (Å²) in [5.41, 5.74) is -0.108. The van der Waals surface area contributed by atoms with Crippen LogP contribution in [-0.4, -0.2) is 32.5 Å². The minimum absolute atomic E-state index is 0.0849. The van der Waals surface area contributed by atoms with E-state index in [0.717, 1.165) is 6.07 Å². The first-order valence-corrected chi connectivity index (χ1v) is 5.75. The average molecular weight is 269 g/mol. The summed E-state index contributed by atoms with van der Waals surface area (Å²) < 4.78 is 1.45. The van der Waals surface area contributed by atoms with Gasteiger partial charge in [-0.3, -0.25) is 19.7 Å². The van der Waals surface area contributed by atoms with Crippen LogP contribution in [0.5, 0.6) is 0 Å². The Bertz CT molecular complexity index is 508. The molecule has 0 bridgehead atoms. The fourth-order valence-electron chi connectivity index (χ4n) is 1.54. The summed E-state index contributed by atoms with van der Waals surface area (Å²) in [4.78, 5) is 32.6. The van der Waals surface area contributed by atoms with Crippen LogP contribution in [0, 0.1) is 10.1 Å². The molecule has 19 heavy (non-hydrogen) atoms. The van der Waals surface area contributed by atoms with Crippen molar-refractivity contribution in [2.24, 2.45) is 0 Å². The Balaban J connectivity index is 3.00. The molecule has 1 heterocycles. The molecule has 0 fully saturated rings. The summed E-state index contributed by atoms with van der Waals surface area (Å²) >= 11 is 0. The van der Waals surface area contributed by atoms with E-state index in [1.165, 1.54) is 17.7 Å². The predicted molar refractivity (Wildman–Crippen MR) is 65.9 cm³/mol. The Kier molecular flexibility index (Phi) is 4.62. The van der Waals surface area contributed by atoms with Crippen LogP contribution >= 0.6 is 0 Å². The van der Waals surface area contributed by atoms with Gasteiger partial charge < -0.3 is 15.0 Å². The van der Waals surface area contributed by atoms with Crippen molar-refractivity contribution in [1.82, 2.24) is 9.88 Å². The lowest BCUT2D eigenvalue weighted by molar-refractivity contribution is -0.384. The molecule has 0 aliphatic heterocycles. The molecule has 0 spiro atoms. The van der Waals surface area contributed by atoms with Gasteiger partial charge in [0.1, 0.15) is 11.7 Å². The van der Waals surface area contributed by atoms with E-state index in [2.05, 4.69) is 5.32 Å². The lowest BCUT2D eigenvalue weighted by atomic mass is 10.3. The second-order valence-corrected chi connectivity index (χ2v) is 4.07. The number of amides is 1. The van der Waals surface area contributed by atoms with Gasteiger partial charge in [0, 0.05) is 12.6 Å². The van der Waals surface area contributed by atoms with Crippen molar-refractivity contribution in [2.75, 3.05) is 0 Å². The summed E-state index contributed by atoms with van der Waals surface area (Å²) in [5.74, 6) is -1.81. The molecule has 0 saturated carbocycles. The van der Waals surface area contributed by atoms with Crippen LogP contribution in [-0.2, 0) is 11.3 Å². The van der Waals surface area contributed by atoms with Gasteiger partial charge in [-0.05, 0) is 13.3 Å². The molecule has 1 rings (SSSR count). The van der Waals surface area contributed by atoms with E-state index >= 15 is 0 Å². The summed E-state index contributed by atoms with van der Waals surface area (Å²) in [6.07, 6.45) is 1.96. The number of hydrogen-bond donors (Lipinski definition) is 2. The molecule has 1 aromatic heterocycles. The zero-order chi connectivity index (χ0) is 14.6. The lowest BCUT2D eigenvalue weighted by Gasteiger charge is -2.10. The molecule has 8 nitrogen and oxygen atoms in total. The van der Waals surface area contributed by atoms with Gasteiger partial charge in [0.25, 0.3) is 11.6 Å². The van der Waals surface area contributed by atoms with Crippen LogP contribution in [0.3, 0.4) is 0 Å². The highest BCUT2D eigenvalue weighted by Crippen LogP contribution is 2.17. The first kappa shape index (κ1) is 14.7. The van der Waals surface area contributed by atoms with Gasteiger partial charge in [-0.15, -0.1) is 0 Å². The zero-order valence-electron chi connectivity index (χ0n) is 10.6. The highest BCUT2D eigenvalue weighted by Gasteiger charge is 2.22. The van der Waals surface area contributed by atoms with Crippen LogP contribution in [0.4, 0.5) is 5.69 Å². The third-order valence-corrected chi connectivity index (χ3v) is 2.51. The van der Waals surface area contributed by atoms with Crippen LogP contribution < -0.4 is 5.32 Å². The Morgan fingerprint density at radius 1 is 1.58 bits per heavy atom. The SMILES string of the molecule is CCCn1cc([N+](=O)[O-])cc1C(=O)N[C@@H](C)C(=O)O. The van der Waals surface area contributed by atoms with Gasteiger partial charge in [0.05, 0.1) is 11.1 Å². The number of carbonyl (C=O) groups excluding carboxylic acids is 1. The third-order valence-electron chi connectivity index (χ3n) is 2.51. The van der Waals surface area contributed by atoms with Crippen molar-refractivity contribution in [3.8, 4) is 0 Å². The van der Waals surface area contributed by atoms with E-state index in [4.69, 9.17) is 5.11 Å². The number of aromatic nitrogens is 1.